The van der Waals surface area contributed by atoms with Gasteiger partial charge in [-0.3, -0.25) is 4.79 Å². The predicted octanol–water partition coefficient (Wildman–Crippen LogP) is 0.775. The zero-order valence-corrected chi connectivity index (χ0v) is 10.7. The number of furan rings is 1. The molecular weight excluding hydrogens is 232 g/mol. The van der Waals surface area contributed by atoms with Crippen LogP contribution in [0.5, 0.6) is 0 Å². The van der Waals surface area contributed by atoms with Gasteiger partial charge in [-0.15, -0.1) is 0 Å². The molecule has 2 N–H and O–H groups in total. The zero-order chi connectivity index (χ0) is 13.0. The summed E-state index contributed by atoms with van der Waals surface area (Å²) < 4.78 is 5.22. The van der Waals surface area contributed by atoms with Gasteiger partial charge in [0.1, 0.15) is 0 Å². The summed E-state index contributed by atoms with van der Waals surface area (Å²) in [7, 11) is 0. The molecule has 1 aliphatic heterocycles. The number of carbonyl (C=O) groups is 1. The maximum absolute atomic E-state index is 12.3. The quantitative estimate of drug-likeness (QED) is 0.812. The largest absolute Gasteiger partial charge is 0.459 e. The minimum absolute atomic E-state index is 0.0295. The van der Waals surface area contributed by atoms with E-state index in [0.29, 0.717) is 24.9 Å². The van der Waals surface area contributed by atoms with Gasteiger partial charge in [0, 0.05) is 24.7 Å². The van der Waals surface area contributed by atoms with Crippen LogP contribution in [0.3, 0.4) is 0 Å². The highest BCUT2D eigenvalue weighted by atomic mass is 16.3. The molecule has 0 aromatic carbocycles. The normalized spacial score (nSPS) is 19.1. The lowest BCUT2D eigenvalue weighted by molar-refractivity contribution is 0.0674. The molecule has 0 bridgehead atoms. The molecule has 0 saturated carbocycles. The van der Waals surface area contributed by atoms with E-state index in [1.54, 1.807) is 11.0 Å². The number of aliphatic hydroxyl groups excluding tert-OH is 1. The van der Waals surface area contributed by atoms with Crippen LogP contribution in [0.15, 0.2) is 16.7 Å². The fourth-order valence-corrected chi connectivity index (χ4v) is 2.31. The Balaban J connectivity index is 2.04. The highest BCUT2D eigenvalue weighted by Gasteiger charge is 2.24. The number of nitrogens with zero attached hydrogens (tertiary/aromatic N) is 1. The lowest BCUT2D eigenvalue weighted by Gasteiger charge is -2.24. The molecule has 1 aliphatic rings. The molecule has 0 radical (unpaired) electrons. The van der Waals surface area contributed by atoms with E-state index in [1.165, 1.54) is 6.26 Å². The van der Waals surface area contributed by atoms with Crippen LogP contribution < -0.4 is 5.32 Å². The molecule has 100 valence electrons. The van der Waals surface area contributed by atoms with Gasteiger partial charge in [0.25, 0.3) is 5.91 Å². The number of nitrogens with one attached hydrogen (secondary N) is 1. The number of aryl methyl sites for hydroxylation is 1. The third-order valence-corrected chi connectivity index (χ3v) is 3.32. The first kappa shape index (κ1) is 13.1. The van der Waals surface area contributed by atoms with Crippen molar-refractivity contribution in [3.8, 4) is 0 Å². The van der Waals surface area contributed by atoms with E-state index < -0.39 is 0 Å². The summed E-state index contributed by atoms with van der Waals surface area (Å²) in [6, 6.07) is 2.11. The van der Waals surface area contributed by atoms with Crippen LogP contribution in [0.4, 0.5) is 0 Å². The molecule has 5 heteroatoms. The first-order valence-corrected chi connectivity index (χ1v) is 6.40. The molecular formula is C13H20N2O3. The number of amides is 1. The Bertz CT molecular complexity index is 397. The minimum Gasteiger partial charge on any atom is -0.459 e. The van der Waals surface area contributed by atoms with Gasteiger partial charge in [-0.05, 0) is 32.4 Å². The van der Waals surface area contributed by atoms with Crippen LogP contribution in [0.25, 0.3) is 0 Å². The Kier molecular flexibility index (Phi) is 4.38. The molecule has 1 unspecified atom stereocenters. The van der Waals surface area contributed by atoms with Crippen molar-refractivity contribution in [3.63, 3.8) is 0 Å². The molecule has 0 aliphatic carbocycles. The molecule has 1 aromatic heterocycles. The van der Waals surface area contributed by atoms with Crippen molar-refractivity contribution < 1.29 is 14.3 Å². The smallest absolute Gasteiger partial charge is 0.289 e. The second-order valence-electron chi connectivity index (χ2n) is 4.70. The second kappa shape index (κ2) is 6.02. The molecule has 1 amide bonds. The monoisotopic (exact) mass is 252 g/mol. The van der Waals surface area contributed by atoms with E-state index in [9.17, 15) is 4.79 Å². The summed E-state index contributed by atoms with van der Waals surface area (Å²) in [5, 5.41) is 12.4. The van der Waals surface area contributed by atoms with Crippen molar-refractivity contribution in [1.29, 1.82) is 0 Å². The molecule has 0 spiro atoms. The van der Waals surface area contributed by atoms with Crippen LogP contribution in [0, 0.1) is 6.92 Å². The van der Waals surface area contributed by atoms with Gasteiger partial charge >= 0.3 is 0 Å². The number of aliphatic hydroxyl groups is 1. The fraction of sp³-hybridized carbons (Fsp3) is 0.615. The topological polar surface area (TPSA) is 65.7 Å². The summed E-state index contributed by atoms with van der Waals surface area (Å²) in [5.74, 6) is 0.238. The molecule has 1 aromatic rings. The molecule has 2 heterocycles. The molecule has 1 atom stereocenters. The molecule has 18 heavy (non-hydrogen) atoms. The molecule has 1 fully saturated rings. The van der Waals surface area contributed by atoms with Gasteiger partial charge in [0.2, 0.25) is 0 Å². The zero-order valence-electron chi connectivity index (χ0n) is 10.7. The van der Waals surface area contributed by atoms with Crippen LogP contribution in [-0.2, 0) is 0 Å². The van der Waals surface area contributed by atoms with Crippen molar-refractivity contribution >= 4 is 5.91 Å². The minimum atomic E-state index is -0.139. The van der Waals surface area contributed by atoms with E-state index in [1.807, 2.05) is 6.92 Å². The lowest BCUT2D eigenvalue weighted by Crippen LogP contribution is -2.42. The fourth-order valence-electron chi connectivity index (χ4n) is 2.31. The summed E-state index contributed by atoms with van der Waals surface area (Å²) in [6.45, 7) is 3.79. The first-order chi connectivity index (χ1) is 8.72. The van der Waals surface area contributed by atoms with E-state index in [-0.39, 0.29) is 12.5 Å². The Morgan fingerprint density at radius 2 is 2.50 bits per heavy atom. The first-order valence-electron chi connectivity index (χ1n) is 6.40. The Morgan fingerprint density at radius 3 is 3.06 bits per heavy atom. The van der Waals surface area contributed by atoms with Gasteiger partial charge in [0.05, 0.1) is 12.9 Å². The number of carbonyl (C=O) groups excluding carboxylic acids is 1. The highest BCUT2D eigenvalue weighted by molar-refractivity contribution is 5.92. The van der Waals surface area contributed by atoms with Gasteiger partial charge in [-0.2, -0.15) is 0 Å². The van der Waals surface area contributed by atoms with Crippen LogP contribution in [-0.4, -0.2) is 48.2 Å². The predicted molar refractivity (Wildman–Crippen MR) is 67.5 cm³/mol. The van der Waals surface area contributed by atoms with E-state index in [0.717, 1.165) is 24.9 Å². The summed E-state index contributed by atoms with van der Waals surface area (Å²) in [4.78, 5) is 14.0. The van der Waals surface area contributed by atoms with Crippen molar-refractivity contribution in [1.82, 2.24) is 10.2 Å². The van der Waals surface area contributed by atoms with Crippen molar-refractivity contribution in [2.24, 2.45) is 0 Å². The van der Waals surface area contributed by atoms with Crippen LogP contribution in [0.2, 0.25) is 0 Å². The summed E-state index contributed by atoms with van der Waals surface area (Å²) in [6.07, 6.45) is 3.74. The Morgan fingerprint density at radius 1 is 1.67 bits per heavy atom. The maximum Gasteiger partial charge on any atom is 0.289 e. The van der Waals surface area contributed by atoms with Crippen molar-refractivity contribution in [2.45, 2.75) is 25.8 Å². The van der Waals surface area contributed by atoms with E-state index in [2.05, 4.69) is 5.32 Å². The SMILES string of the molecule is Cc1ccoc1C(=O)N(CCO)CC1CCCN1. The summed E-state index contributed by atoms with van der Waals surface area (Å²) in [5.41, 5.74) is 0.835. The number of rotatable bonds is 5. The third kappa shape index (κ3) is 2.91. The Hall–Kier alpha value is -1.33. The van der Waals surface area contributed by atoms with Crippen molar-refractivity contribution in [3.05, 3.63) is 23.7 Å². The van der Waals surface area contributed by atoms with Crippen LogP contribution >= 0.6 is 0 Å². The van der Waals surface area contributed by atoms with E-state index in [4.69, 9.17) is 9.52 Å². The number of hydrogen-bond donors (Lipinski definition) is 2. The average molecular weight is 252 g/mol. The van der Waals surface area contributed by atoms with Crippen molar-refractivity contribution in [2.75, 3.05) is 26.2 Å². The van der Waals surface area contributed by atoms with Crippen LogP contribution in [0.1, 0.15) is 29.0 Å². The molecule has 2 rings (SSSR count). The maximum atomic E-state index is 12.3. The third-order valence-electron chi connectivity index (χ3n) is 3.32. The second-order valence-corrected chi connectivity index (χ2v) is 4.70. The highest BCUT2D eigenvalue weighted by Crippen LogP contribution is 2.14. The molecule has 1 saturated heterocycles. The number of hydrogen-bond acceptors (Lipinski definition) is 4. The Labute approximate surface area is 107 Å². The van der Waals surface area contributed by atoms with Gasteiger partial charge in [0.15, 0.2) is 5.76 Å². The van der Waals surface area contributed by atoms with Gasteiger partial charge in [-0.1, -0.05) is 0 Å². The van der Waals surface area contributed by atoms with Gasteiger partial charge < -0.3 is 19.7 Å². The average Bonchev–Trinajstić information content (AvgIpc) is 2.99. The molecule has 5 nitrogen and oxygen atoms in total. The van der Waals surface area contributed by atoms with E-state index >= 15 is 0 Å². The lowest BCUT2D eigenvalue weighted by atomic mass is 10.2. The summed E-state index contributed by atoms with van der Waals surface area (Å²) >= 11 is 0. The standard InChI is InChI=1S/C13H20N2O3/c1-10-4-8-18-12(10)13(17)15(6-7-16)9-11-3-2-5-14-11/h4,8,11,14,16H,2-3,5-7,9H2,1H3. The van der Waals surface area contributed by atoms with Gasteiger partial charge in [-0.25, -0.2) is 0 Å².